The van der Waals surface area contributed by atoms with Crippen molar-refractivity contribution in [3.05, 3.63) is 30.3 Å². The number of thioether (sulfide) groups is 1. The van der Waals surface area contributed by atoms with Crippen LogP contribution in [0.5, 0.6) is 0 Å². The molecule has 0 bridgehead atoms. The molecule has 0 radical (unpaired) electrons. The van der Waals surface area contributed by atoms with Gasteiger partial charge < -0.3 is 15.0 Å². The standard InChI is InChI=1S/C17H19N3O4S/c21-14(18-12-4-2-1-3-5-12)10-13-17(23)19-15(25-13)11-16(22)20-6-8-24-9-7-20/h1-5,13H,6-11H2,(H,18,21)/t13-/m0/s1. The van der Waals surface area contributed by atoms with Crippen molar-refractivity contribution in [1.29, 1.82) is 0 Å². The van der Waals surface area contributed by atoms with E-state index in [0.29, 0.717) is 37.0 Å². The Morgan fingerprint density at radius 2 is 1.96 bits per heavy atom. The number of anilines is 1. The van der Waals surface area contributed by atoms with Crippen LogP contribution in [0.15, 0.2) is 35.3 Å². The normalized spacial score (nSPS) is 20.3. The van der Waals surface area contributed by atoms with Gasteiger partial charge in [0.25, 0.3) is 5.91 Å². The zero-order valence-corrected chi connectivity index (χ0v) is 14.5. The molecular weight excluding hydrogens is 342 g/mol. The van der Waals surface area contributed by atoms with Crippen LogP contribution in [0, 0.1) is 0 Å². The minimum Gasteiger partial charge on any atom is -0.378 e. The number of morpholine rings is 1. The number of carbonyl (C=O) groups is 3. The van der Waals surface area contributed by atoms with Gasteiger partial charge in [0, 0.05) is 25.2 Å². The summed E-state index contributed by atoms with van der Waals surface area (Å²) >= 11 is 1.21. The Balaban J connectivity index is 1.48. The highest BCUT2D eigenvalue weighted by Gasteiger charge is 2.32. The maximum atomic E-state index is 12.2. The summed E-state index contributed by atoms with van der Waals surface area (Å²) in [5.74, 6) is -0.650. The van der Waals surface area contributed by atoms with Gasteiger partial charge in [-0.05, 0) is 12.1 Å². The Labute approximate surface area is 149 Å². The monoisotopic (exact) mass is 361 g/mol. The van der Waals surface area contributed by atoms with Crippen molar-refractivity contribution >= 4 is 40.2 Å². The van der Waals surface area contributed by atoms with E-state index in [4.69, 9.17) is 4.74 Å². The van der Waals surface area contributed by atoms with Crippen molar-refractivity contribution in [1.82, 2.24) is 4.90 Å². The summed E-state index contributed by atoms with van der Waals surface area (Å²) in [6.45, 7) is 2.19. The molecule has 7 nitrogen and oxygen atoms in total. The fourth-order valence-electron chi connectivity index (χ4n) is 2.60. The number of aliphatic imine (C=N–C) groups is 1. The van der Waals surface area contributed by atoms with Gasteiger partial charge in [0.2, 0.25) is 11.8 Å². The number of carbonyl (C=O) groups excluding carboxylic acids is 3. The highest BCUT2D eigenvalue weighted by molar-refractivity contribution is 8.15. The van der Waals surface area contributed by atoms with Gasteiger partial charge in [-0.25, -0.2) is 4.99 Å². The number of nitrogens with zero attached hydrogens (tertiary/aromatic N) is 2. The summed E-state index contributed by atoms with van der Waals surface area (Å²) in [5, 5.41) is 2.68. The molecule has 1 atom stereocenters. The summed E-state index contributed by atoms with van der Waals surface area (Å²) in [4.78, 5) is 41.9. The smallest absolute Gasteiger partial charge is 0.260 e. The number of amides is 3. The molecule has 132 valence electrons. The first-order valence-electron chi connectivity index (χ1n) is 8.10. The van der Waals surface area contributed by atoms with Crippen molar-refractivity contribution in [2.45, 2.75) is 18.1 Å². The highest BCUT2D eigenvalue weighted by atomic mass is 32.2. The Kier molecular flexibility index (Phi) is 5.83. The van der Waals surface area contributed by atoms with E-state index in [0.717, 1.165) is 0 Å². The molecule has 1 saturated heterocycles. The second-order valence-electron chi connectivity index (χ2n) is 5.74. The predicted octanol–water partition coefficient (Wildman–Crippen LogP) is 1.30. The molecule has 3 amide bonds. The zero-order valence-electron chi connectivity index (χ0n) is 13.6. The van der Waals surface area contributed by atoms with E-state index >= 15 is 0 Å². The minimum absolute atomic E-state index is 0.0388. The zero-order chi connectivity index (χ0) is 17.6. The third-order valence-electron chi connectivity index (χ3n) is 3.88. The van der Waals surface area contributed by atoms with Crippen LogP contribution in [0.1, 0.15) is 12.8 Å². The Hall–Kier alpha value is -2.19. The molecule has 1 fully saturated rings. The lowest BCUT2D eigenvalue weighted by molar-refractivity contribution is -0.133. The van der Waals surface area contributed by atoms with E-state index in [1.54, 1.807) is 17.0 Å². The number of rotatable bonds is 5. The lowest BCUT2D eigenvalue weighted by Gasteiger charge is -2.26. The van der Waals surface area contributed by atoms with Crippen molar-refractivity contribution in [2.75, 3.05) is 31.6 Å². The van der Waals surface area contributed by atoms with Crippen LogP contribution in [0.4, 0.5) is 5.69 Å². The van der Waals surface area contributed by atoms with Gasteiger partial charge in [0.15, 0.2) is 0 Å². The van der Waals surface area contributed by atoms with Crippen molar-refractivity contribution in [3.8, 4) is 0 Å². The van der Waals surface area contributed by atoms with Gasteiger partial charge in [-0.3, -0.25) is 14.4 Å². The molecule has 1 aromatic carbocycles. The van der Waals surface area contributed by atoms with Gasteiger partial charge in [-0.2, -0.15) is 0 Å². The summed E-state index contributed by atoms with van der Waals surface area (Å²) in [5.41, 5.74) is 0.687. The molecule has 0 aliphatic carbocycles. The number of para-hydroxylation sites is 1. The Bertz CT molecular complexity index is 686. The van der Waals surface area contributed by atoms with Crippen LogP contribution < -0.4 is 5.32 Å². The molecule has 0 aromatic heterocycles. The fraction of sp³-hybridized carbons (Fsp3) is 0.412. The summed E-state index contributed by atoms with van der Waals surface area (Å²) in [7, 11) is 0. The second kappa shape index (κ2) is 8.26. The topological polar surface area (TPSA) is 88.1 Å². The van der Waals surface area contributed by atoms with Gasteiger partial charge >= 0.3 is 0 Å². The molecule has 0 saturated carbocycles. The second-order valence-corrected chi connectivity index (χ2v) is 7.01. The van der Waals surface area contributed by atoms with E-state index in [2.05, 4.69) is 10.3 Å². The van der Waals surface area contributed by atoms with Gasteiger partial charge in [-0.1, -0.05) is 30.0 Å². The van der Waals surface area contributed by atoms with Crippen molar-refractivity contribution in [3.63, 3.8) is 0 Å². The molecular formula is C17H19N3O4S. The minimum atomic E-state index is -0.559. The number of benzene rings is 1. The molecule has 2 aliphatic heterocycles. The molecule has 3 rings (SSSR count). The lowest BCUT2D eigenvalue weighted by atomic mass is 10.2. The van der Waals surface area contributed by atoms with E-state index in [1.807, 2.05) is 18.2 Å². The summed E-state index contributed by atoms with van der Waals surface area (Å²) in [6, 6.07) is 9.07. The van der Waals surface area contributed by atoms with Crippen molar-refractivity contribution < 1.29 is 19.1 Å². The van der Waals surface area contributed by atoms with E-state index < -0.39 is 5.25 Å². The molecule has 25 heavy (non-hydrogen) atoms. The summed E-state index contributed by atoms with van der Waals surface area (Å²) in [6.07, 6.45) is 0.143. The van der Waals surface area contributed by atoms with Crippen LogP contribution in [0.25, 0.3) is 0 Å². The van der Waals surface area contributed by atoms with Crippen LogP contribution in [-0.4, -0.2) is 59.2 Å². The van der Waals surface area contributed by atoms with Gasteiger partial charge in [0.05, 0.1) is 24.7 Å². The molecule has 2 aliphatic rings. The van der Waals surface area contributed by atoms with Crippen LogP contribution in [0.2, 0.25) is 0 Å². The van der Waals surface area contributed by atoms with E-state index in [9.17, 15) is 14.4 Å². The Morgan fingerprint density at radius 3 is 2.68 bits per heavy atom. The van der Waals surface area contributed by atoms with Gasteiger partial charge in [-0.15, -0.1) is 0 Å². The molecule has 8 heteroatoms. The SMILES string of the molecule is O=C(C[C@@H]1SC(CC(=O)N2CCOCC2)=NC1=O)Nc1ccccc1. The van der Waals surface area contributed by atoms with E-state index in [1.165, 1.54) is 11.8 Å². The van der Waals surface area contributed by atoms with Crippen LogP contribution in [-0.2, 0) is 19.1 Å². The third-order valence-corrected chi connectivity index (χ3v) is 5.04. The maximum Gasteiger partial charge on any atom is 0.260 e. The average Bonchev–Trinajstić information content (AvgIpc) is 2.95. The maximum absolute atomic E-state index is 12.2. The number of nitrogens with one attached hydrogen (secondary N) is 1. The number of hydrogen-bond acceptors (Lipinski definition) is 5. The molecule has 0 spiro atoms. The predicted molar refractivity (Wildman–Crippen MR) is 95.5 cm³/mol. The van der Waals surface area contributed by atoms with Crippen molar-refractivity contribution in [2.24, 2.45) is 4.99 Å². The van der Waals surface area contributed by atoms with Crippen LogP contribution >= 0.6 is 11.8 Å². The first-order chi connectivity index (χ1) is 12.1. The fourth-order valence-corrected chi connectivity index (χ4v) is 3.67. The number of ether oxygens (including phenoxy) is 1. The molecule has 1 N–H and O–H groups in total. The van der Waals surface area contributed by atoms with Crippen LogP contribution in [0.3, 0.4) is 0 Å². The molecule has 2 heterocycles. The van der Waals surface area contributed by atoms with Gasteiger partial charge in [0.1, 0.15) is 5.25 Å². The average molecular weight is 361 g/mol. The summed E-state index contributed by atoms with van der Waals surface area (Å²) < 4.78 is 5.22. The molecule has 0 unspecified atom stereocenters. The third kappa shape index (κ3) is 4.90. The Morgan fingerprint density at radius 1 is 1.24 bits per heavy atom. The highest BCUT2D eigenvalue weighted by Crippen LogP contribution is 2.27. The first-order valence-corrected chi connectivity index (χ1v) is 8.98. The quantitative estimate of drug-likeness (QED) is 0.854. The molecule has 1 aromatic rings. The first kappa shape index (κ1) is 17.6. The number of hydrogen-bond donors (Lipinski definition) is 1. The largest absolute Gasteiger partial charge is 0.378 e. The lowest BCUT2D eigenvalue weighted by Crippen LogP contribution is -2.41. The van der Waals surface area contributed by atoms with E-state index in [-0.39, 0.29) is 30.6 Å².